The maximum Gasteiger partial charge on any atom is 0.263 e. The van der Waals surface area contributed by atoms with Crippen LogP contribution in [0, 0.1) is 5.92 Å². The molecule has 160 valence electrons. The fraction of sp³-hybridized carbons (Fsp3) is 0.522. The molecular formula is C23H31N5O2. The number of carbonyl (C=O) groups is 1. The molecular weight excluding hydrogens is 378 g/mol. The molecule has 0 spiro atoms. The number of piperazine rings is 1. The summed E-state index contributed by atoms with van der Waals surface area (Å²) in [7, 11) is 0. The van der Waals surface area contributed by atoms with Gasteiger partial charge in [0.15, 0.2) is 17.7 Å². The van der Waals surface area contributed by atoms with Gasteiger partial charge in [0.2, 0.25) is 0 Å². The van der Waals surface area contributed by atoms with Crippen molar-refractivity contribution < 1.29 is 9.53 Å². The Morgan fingerprint density at radius 2 is 1.47 bits per heavy atom. The Hall–Kier alpha value is -2.83. The Labute approximate surface area is 178 Å². The lowest BCUT2D eigenvalue weighted by Gasteiger charge is -2.36. The van der Waals surface area contributed by atoms with E-state index in [1.165, 1.54) is 12.8 Å². The zero-order chi connectivity index (χ0) is 20.9. The number of piperidine rings is 1. The van der Waals surface area contributed by atoms with Crippen LogP contribution >= 0.6 is 0 Å². The monoisotopic (exact) mass is 409 g/mol. The molecule has 2 fully saturated rings. The van der Waals surface area contributed by atoms with E-state index in [2.05, 4.69) is 39.1 Å². The van der Waals surface area contributed by atoms with Gasteiger partial charge in [-0.3, -0.25) is 4.79 Å². The van der Waals surface area contributed by atoms with Crippen LogP contribution in [0.3, 0.4) is 0 Å². The molecule has 1 unspecified atom stereocenters. The second-order valence-electron chi connectivity index (χ2n) is 8.30. The van der Waals surface area contributed by atoms with E-state index in [1.807, 2.05) is 42.2 Å². The summed E-state index contributed by atoms with van der Waals surface area (Å²) in [6.45, 7) is 9.05. The van der Waals surface area contributed by atoms with Gasteiger partial charge in [0, 0.05) is 39.3 Å². The fourth-order valence-electron chi connectivity index (χ4n) is 4.06. The third-order valence-corrected chi connectivity index (χ3v) is 6.06. The molecule has 4 rings (SSSR count). The quantitative estimate of drug-likeness (QED) is 0.757. The Bertz CT molecular complexity index is 813. The standard InChI is InChI=1S/C23H31N5O2/c1-18-10-12-26(13-11-18)21-8-9-22(25-24-21)27-14-16-28(17-15-27)23(29)19(2)30-20-6-4-3-5-7-20/h3-9,18-19H,10-17H2,1-2H3. The van der Waals surface area contributed by atoms with Crippen LogP contribution in [0.15, 0.2) is 42.5 Å². The number of hydrogen-bond acceptors (Lipinski definition) is 6. The molecule has 0 bridgehead atoms. The number of carbonyl (C=O) groups excluding carboxylic acids is 1. The van der Waals surface area contributed by atoms with Crippen molar-refractivity contribution in [3.05, 3.63) is 42.5 Å². The summed E-state index contributed by atoms with van der Waals surface area (Å²) >= 11 is 0. The van der Waals surface area contributed by atoms with Crippen LogP contribution in [0.2, 0.25) is 0 Å². The van der Waals surface area contributed by atoms with E-state index in [9.17, 15) is 4.79 Å². The van der Waals surface area contributed by atoms with E-state index >= 15 is 0 Å². The Kier molecular flexibility index (Phi) is 6.35. The minimum absolute atomic E-state index is 0.0271. The van der Waals surface area contributed by atoms with E-state index in [1.54, 1.807) is 0 Å². The van der Waals surface area contributed by atoms with E-state index < -0.39 is 6.10 Å². The van der Waals surface area contributed by atoms with Crippen molar-refractivity contribution in [2.45, 2.75) is 32.8 Å². The average molecular weight is 410 g/mol. The van der Waals surface area contributed by atoms with Crippen LogP contribution in [-0.2, 0) is 4.79 Å². The summed E-state index contributed by atoms with van der Waals surface area (Å²) in [4.78, 5) is 19.1. The van der Waals surface area contributed by atoms with Gasteiger partial charge >= 0.3 is 0 Å². The number of ether oxygens (including phenoxy) is 1. The minimum Gasteiger partial charge on any atom is -0.481 e. The maximum absolute atomic E-state index is 12.7. The Morgan fingerprint density at radius 3 is 2.03 bits per heavy atom. The van der Waals surface area contributed by atoms with Gasteiger partial charge in [0.25, 0.3) is 5.91 Å². The molecule has 30 heavy (non-hydrogen) atoms. The third-order valence-electron chi connectivity index (χ3n) is 6.06. The molecule has 1 atom stereocenters. The topological polar surface area (TPSA) is 61.8 Å². The lowest BCUT2D eigenvalue weighted by atomic mass is 9.99. The second kappa shape index (κ2) is 9.32. The van der Waals surface area contributed by atoms with Crippen molar-refractivity contribution >= 4 is 17.5 Å². The summed E-state index contributed by atoms with van der Waals surface area (Å²) in [6.07, 6.45) is 1.93. The highest BCUT2D eigenvalue weighted by atomic mass is 16.5. The van der Waals surface area contributed by atoms with Crippen LogP contribution in [0.4, 0.5) is 11.6 Å². The van der Waals surface area contributed by atoms with Crippen molar-refractivity contribution in [1.29, 1.82) is 0 Å². The Morgan fingerprint density at radius 1 is 0.900 bits per heavy atom. The lowest BCUT2D eigenvalue weighted by molar-refractivity contribution is -0.138. The summed E-state index contributed by atoms with van der Waals surface area (Å²) < 4.78 is 5.79. The summed E-state index contributed by atoms with van der Waals surface area (Å²) in [5.74, 6) is 3.39. The van der Waals surface area contributed by atoms with Gasteiger partial charge in [-0.25, -0.2) is 0 Å². The van der Waals surface area contributed by atoms with Gasteiger partial charge in [0.1, 0.15) is 5.75 Å². The summed E-state index contributed by atoms with van der Waals surface area (Å²) in [5.41, 5.74) is 0. The lowest BCUT2D eigenvalue weighted by Crippen LogP contribution is -2.52. The first-order valence-electron chi connectivity index (χ1n) is 10.9. The van der Waals surface area contributed by atoms with Gasteiger partial charge in [0.05, 0.1) is 0 Å². The van der Waals surface area contributed by atoms with E-state index in [0.29, 0.717) is 13.1 Å². The zero-order valence-corrected chi connectivity index (χ0v) is 17.9. The smallest absolute Gasteiger partial charge is 0.263 e. The van der Waals surface area contributed by atoms with Gasteiger partial charge in [-0.15, -0.1) is 10.2 Å². The van der Waals surface area contributed by atoms with E-state index in [4.69, 9.17) is 4.74 Å². The van der Waals surface area contributed by atoms with E-state index in [-0.39, 0.29) is 5.91 Å². The average Bonchev–Trinajstić information content (AvgIpc) is 2.80. The number of amides is 1. The fourth-order valence-corrected chi connectivity index (χ4v) is 4.06. The number of anilines is 2. The van der Waals surface area contributed by atoms with Crippen molar-refractivity contribution in [1.82, 2.24) is 15.1 Å². The van der Waals surface area contributed by atoms with Crippen LogP contribution in [0.1, 0.15) is 26.7 Å². The molecule has 0 saturated carbocycles. The first-order chi connectivity index (χ1) is 14.6. The number of hydrogen-bond donors (Lipinski definition) is 0. The van der Waals surface area contributed by atoms with Crippen LogP contribution in [0.5, 0.6) is 5.75 Å². The first-order valence-corrected chi connectivity index (χ1v) is 10.9. The molecule has 2 aliphatic heterocycles. The highest BCUT2D eigenvalue weighted by molar-refractivity contribution is 5.81. The molecule has 0 N–H and O–H groups in total. The number of para-hydroxylation sites is 1. The van der Waals surface area contributed by atoms with Crippen molar-refractivity contribution in [3.8, 4) is 5.75 Å². The number of aromatic nitrogens is 2. The molecule has 7 nitrogen and oxygen atoms in total. The third kappa shape index (κ3) is 4.83. The van der Waals surface area contributed by atoms with Gasteiger partial charge in [-0.05, 0) is 49.9 Å². The normalized spacial score (nSPS) is 18.9. The predicted octanol–water partition coefficient (Wildman–Crippen LogP) is 2.83. The SMILES string of the molecule is CC1CCN(c2ccc(N3CCN(C(=O)C(C)Oc4ccccc4)CC3)nn2)CC1. The highest BCUT2D eigenvalue weighted by Crippen LogP contribution is 2.22. The number of nitrogens with zero attached hydrogens (tertiary/aromatic N) is 5. The molecule has 0 aliphatic carbocycles. The van der Waals surface area contributed by atoms with Crippen molar-refractivity contribution in [2.75, 3.05) is 49.1 Å². The Balaban J connectivity index is 1.28. The molecule has 1 aromatic carbocycles. The number of rotatable bonds is 5. The molecule has 7 heteroatoms. The molecule has 1 aromatic heterocycles. The van der Waals surface area contributed by atoms with Crippen molar-refractivity contribution in [3.63, 3.8) is 0 Å². The largest absolute Gasteiger partial charge is 0.481 e. The molecule has 0 radical (unpaired) electrons. The molecule has 3 heterocycles. The zero-order valence-electron chi connectivity index (χ0n) is 17.9. The molecule has 1 amide bonds. The van der Waals surface area contributed by atoms with Crippen LogP contribution in [-0.4, -0.2) is 66.4 Å². The molecule has 2 aromatic rings. The second-order valence-corrected chi connectivity index (χ2v) is 8.30. The van der Waals surface area contributed by atoms with Gasteiger partial charge < -0.3 is 19.4 Å². The summed E-state index contributed by atoms with van der Waals surface area (Å²) in [5, 5.41) is 8.93. The summed E-state index contributed by atoms with van der Waals surface area (Å²) in [6, 6.07) is 13.6. The van der Waals surface area contributed by atoms with E-state index in [0.717, 1.165) is 49.5 Å². The molecule has 2 saturated heterocycles. The minimum atomic E-state index is -0.495. The maximum atomic E-state index is 12.7. The van der Waals surface area contributed by atoms with Gasteiger partial charge in [-0.1, -0.05) is 25.1 Å². The van der Waals surface area contributed by atoms with Crippen LogP contribution in [0.25, 0.3) is 0 Å². The van der Waals surface area contributed by atoms with Crippen molar-refractivity contribution in [2.24, 2.45) is 5.92 Å². The first kappa shape index (κ1) is 20.4. The van der Waals surface area contributed by atoms with Gasteiger partial charge in [-0.2, -0.15) is 0 Å². The van der Waals surface area contributed by atoms with Crippen LogP contribution < -0.4 is 14.5 Å². The highest BCUT2D eigenvalue weighted by Gasteiger charge is 2.27. The number of benzene rings is 1. The predicted molar refractivity (Wildman–Crippen MR) is 118 cm³/mol. The molecule has 2 aliphatic rings.